The molecule has 8 heteroatoms. The summed E-state index contributed by atoms with van der Waals surface area (Å²) in [6, 6.07) is 12.4. The fourth-order valence-electron chi connectivity index (χ4n) is 4.05. The molecule has 0 N–H and O–H groups in total. The number of benzene rings is 1. The van der Waals surface area contributed by atoms with E-state index in [0.717, 1.165) is 73.6 Å². The Morgan fingerprint density at radius 1 is 1.09 bits per heavy atom. The highest BCUT2D eigenvalue weighted by molar-refractivity contribution is 7.14. The van der Waals surface area contributed by atoms with E-state index in [1.807, 2.05) is 22.4 Å². The van der Waals surface area contributed by atoms with Crippen LogP contribution in [0.5, 0.6) is 0 Å². The van der Waals surface area contributed by atoms with Crippen LogP contribution >= 0.6 is 22.7 Å². The number of morpholine rings is 1. The molecule has 0 unspecified atom stereocenters. The first-order valence-corrected chi connectivity index (χ1v) is 13.4. The average molecular weight is 485 g/mol. The van der Waals surface area contributed by atoms with Crippen LogP contribution in [0.1, 0.15) is 29.9 Å². The normalized spacial score (nSPS) is 14.4. The molecule has 176 valence electrons. The molecule has 0 radical (unpaired) electrons. The van der Waals surface area contributed by atoms with Crippen LogP contribution in [0.2, 0.25) is 0 Å². The number of anilines is 2. The maximum absolute atomic E-state index is 13.3. The monoisotopic (exact) mass is 484 g/mol. The van der Waals surface area contributed by atoms with E-state index in [4.69, 9.17) is 9.72 Å². The van der Waals surface area contributed by atoms with Gasteiger partial charge in [-0.25, -0.2) is 4.98 Å². The molecule has 1 amide bonds. The zero-order chi connectivity index (χ0) is 23.0. The Labute approximate surface area is 204 Å². The molecule has 1 aliphatic heterocycles. The van der Waals surface area contributed by atoms with Crippen molar-refractivity contribution in [2.75, 3.05) is 62.3 Å². The van der Waals surface area contributed by atoms with Gasteiger partial charge in [-0.1, -0.05) is 18.2 Å². The van der Waals surface area contributed by atoms with Gasteiger partial charge in [-0.2, -0.15) is 0 Å². The van der Waals surface area contributed by atoms with Crippen LogP contribution in [0, 0.1) is 0 Å². The molecule has 1 fully saturated rings. The van der Waals surface area contributed by atoms with Gasteiger partial charge in [0.15, 0.2) is 5.13 Å². The van der Waals surface area contributed by atoms with E-state index in [1.165, 1.54) is 28.4 Å². The molecule has 33 heavy (non-hydrogen) atoms. The fraction of sp³-hybridized carbons (Fsp3) is 0.440. The Hall–Kier alpha value is -2.26. The van der Waals surface area contributed by atoms with E-state index in [-0.39, 0.29) is 5.91 Å². The Bertz CT molecular complexity index is 994. The summed E-state index contributed by atoms with van der Waals surface area (Å²) in [5.41, 5.74) is 3.21. The second-order valence-corrected chi connectivity index (χ2v) is 9.76. The second-order valence-electron chi connectivity index (χ2n) is 7.98. The van der Waals surface area contributed by atoms with Crippen molar-refractivity contribution >= 4 is 39.4 Å². The van der Waals surface area contributed by atoms with E-state index in [1.54, 1.807) is 0 Å². The maximum Gasteiger partial charge on any atom is 0.270 e. The minimum Gasteiger partial charge on any atom is -0.379 e. The van der Waals surface area contributed by atoms with E-state index >= 15 is 0 Å². The van der Waals surface area contributed by atoms with E-state index < -0.39 is 0 Å². The molecule has 0 atom stereocenters. The molecular formula is C25H32N4O2S2. The van der Waals surface area contributed by atoms with Crippen LogP contribution in [0.3, 0.4) is 0 Å². The summed E-state index contributed by atoms with van der Waals surface area (Å²) in [4.78, 5) is 25.5. The number of thiazole rings is 1. The SMILES string of the molecule is CCN(CC)c1ccc(-c2csc(N(CCCN3CCOCC3)C(=O)c3cccs3)n2)cc1. The number of amides is 1. The molecule has 0 aliphatic carbocycles. The number of rotatable bonds is 10. The molecule has 1 saturated heterocycles. The Morgan fingerprint density at radius 3 is 2.52 bits per heavy atom. The van der Waals surface area contributed by atoms with Gasteiger partial charge in [0.1, 0.15) is 0 Å². The van der Waals surface area contributed by atoms with Crippen LogP contribution in [0.4, 0.5) is 10.8 Å². The number of carbonyl (C=O) groups excluding carboxylic acids is 1. The first kappa shape index (κ1) is 23.9. The number of ether oxygens (including phenoxy) is 1. The van der Waals surface area contributed by atoms with Crippen molar-refractivity contribution in [3.63, 3.8) is 0 Å². The lowest BCUT2D eigenvalue weighted by Gasteiger charge is -2.27. The molecule has 0 spiro atoms. The van der Waals surface area contributed by atoms with Gasteiger partial charge in [0.25, 0.3) is 5.91 Å². The minimum absolute atomic E-state index is 0.0322. The molecule has 4 rings (SSSR count). The standard InChI is InChI=1S/C25H32N4O2S2/c1-3-28(4-2)21-10-8-20(9-11-21)22-19-33-25(26-22)29(24(30)23-7-5-18-32-23)13-6-12-27-14-16-31-17-15-27/h5,7-11,18-19H,3-4,6,12-17H2,1-2H3. The zero-order valence-electron chi connectivity index (χ0n) is 19.4. The number of carbonyl (C=O) groups is 1. The van der Waals surface area contributed by atoms with Crippen molar-refractivity contribution in [1.29, 1.82) is 0 Å². The summed E-state index contributed by atoms with van der Waals surface area (Å²) in [6.07, 6.45) is 0.907. The molecule has 2 aromatic heterocycles. The lowest BCUT2D eigenvalue weighted by atomic mass is 10.1. The molecular weight excluding hydrogens is 452 g/mol. The highest BCUT2D eigenvalue weighted by Crippen LogP contribution is 2.30. The van der Waals surface area contributed by atoms with Crippen LogP contribution in [0.15, 0.2) is 47.2 Å². The lowest BCUT2D eigenvalue weighted by molar-refractivity contribution is 0.0376. The predicted octanol–water partition coefficient (Wildman–Crippen LogP) is 5.09. The first-order chi connectivity index (χ1) is 16.2. The van der Waals surface area contributed by atoms with Gasteiger partial charge in [0.05, 0.1) is 23.8 Å². The van der Waals surface area contributed by atoms with Gasteiger partial charge in [-0.3, -0.25) is 14.6 Å². The third kappa shape index (κ3) is 6.00. The van der Waals surface area contributed by atoms with Crippen molar-refractivity contribution in [1.82, 2.24) is 9.88 Å². The molecule has 3 aromatic rings. The fourth-order valence-corrected chi connectivity index (χ4v) is 5.58. The van der Waals surface area contributed by atoms with Crippen molar-refractivity contribution in [3.05, 3.63) is 52.0 Å². The molecule has 0 saturated carbocycles. The van der Waals surface area contributed by atoms with Gasteiger partial charge in [-0.05, 0) is 43.8 Å². The third-order valence-corrected chi connectivity index (χ3v) is 7.67. The van der Waals surface area contributed by atoms with Crippen LogP contribution in [-0.4, -0.2) is 68.3 Å². The number of thiophene rings is 1. The summed E-state index contributed by atoms with van der Waals surface area (Å²) in [6.45, 7) is 11.4. The van der Waals surface area contributed by atoms with Crippen LogP contribution in [0.25, 0.3) is 11.3 Å². The average Bonchev–Trinajstić information content (AvgIpc) is 3.56. The third-order valence-electron chi connectivity index (χ3n) is 5.95. The van der Waals surface area contributed by atoms with E-state index in [0.29, 0.717) is 6.54 Å². The van der Waals surface area contributed by atoms with Crippen LogP contribution in [-0.2, 0) is 4.74 Å². The van der Waals surface area contributed by atoms with Crippen molar-refractivity contribution in [2.24, 2.45) is 0 Å². The summed E-state index contributed by atoms with van der Waals surface area (Å²) >= 11 is 3.02. The molecule has 1 aromatic carbocycles. The van der Waals surface area contributed by atoms with E-state index in [9.17, 15) is 4.79 Å². The number of nitrogens with zero attached hydrogens (tertiary/aromatic N) is 4. The summed E-state index contributed by atoms with van der Waals surface area (Å²) in [7, 11) is 0. The Morgan fingerprint density at radius 2 is 1.85 bits per heavy atom. The van der Waals surface area contributed by atoms with Gasteiger partial charge < -0.3 is 9.64 Å². The lowest BCUT2D eigenvalue weighted by Crippen LogP contribution is -2.39. The largest absolute Gasteiger partial charge is 0.379 e. The summed E-state index contributed by atoms with van der Waals surface area (Å²) in [5.74, 6) is 0.0322. The molecule has 6 nitrogen and oxygen atoms in total. The van der Waals surface area contributed by atoms with Crippen LogP contribution < -0.4 is 9.80 Å². The maximum atomic E-state index is 13.3. The summed E-state index contributed by atoms with van der Waals surface area (Å²) < 4.78 is 5.45. The van der Waals surface area contributed by atoms with Crippen molar-refractivity contribution < 1.29 is 9.53 Å². The predicted molar refractivity (Wildman–Crippen MR) is 139 cm³/mol. The topological polar surface area (TPSA) is 48.9 Å². The van der Waals surface area contributed by atoms with Gasteiger partial charge >= 0.3 is 0 Å². The summed E-state index contributed by atoms with van der Waals surface area (Å²) in [5, 5.41) is 4.76. The van der Waals surface area contributed by atoms with Gasteiger partial charge in [-0.15, -0.1) is 22.7 Å². The first-order valence-electron chi connectivity index (χ1n) is 11.7. The van der Waals surface area contributed by atoms with Crippen molar-refractivity contribution in [2.45, 2.75) is 20.3 Å². The minimum atomic E-state index is 0.0322. The second kappa shape index (κ2) is 11.7. The zero-order valence-corrected chi connectivity index (χ0v) is 21.0. The number of hydrogen-bond donors (Lipinski definition) is 0. The van der Waals surface area contributed by atoms with Gasteiger partial charge in [0.2, 0.25) is 0 Å². The van der Waals surface area contributed by atoms with Gasteiger partial charge in [0, 0.05) is 55.9 Å². The Balaban J connectivity index is 1.49. The van der Waals surface area contributed by atoms with Crippen molar-refractivity contribution in [3.8, 4) is 11.3 Å². The quantitative estimate of drug-likeness (QED) is 0.401. The smallest absolute Gasteiger partial charge is 0.270 e. The number of hydrogen-bond acceptors (Lipinski definition) is 7. The number of aromatic nitrogens is 1. The molecule has 1 aliphatic rings. The molecule has 3 heterocycles. The highest BCUT2D eigenvalue weighted by Gasteiger charge is 2.22. The Kier molecular flexibility index (Phi) is 8.50. The highest BCUT2D eigenvalue weighted by atomic mass is 32.1. The van der Waals surface area contributed by atoms with E-state index in [2.05, 4.69) is 53.3 Å². The molecule has 0 bridgehead atoms.